The van der Waals surface area contributed by atoms with Crippen molar-refractivity contribution in [1.29, 1.82) is 0 Å². The second-order valence-electron chi connectivity index (χ2n) is 7.60. The Bertz CT molecular complexity index is 832. The highest BCUT2D eigenvalue weighted by atomic mass is 19.1. The quantitative estimate of drug-likeness (QED) is 0.833. The Labute approximate surface area is 165 Å². The second-order valence-corrected chi connectivity index (χ2v) is 7.60. The monoisotopic (exact) mass is 383 g/mol. The molecule has 28 heavy (non-hydrogen) atoms. The number of phenols is 1. The molecule has 0 atom stereocenters. The van der Waals surface area contributed by atoms with Crippen molar-refractivity contribution in [3.05, 3.63) is 59.9 Å². The number of hydrogen-bond donors (Lipinski definition) is 1. The zero-order valence-corrected chi connectivity index (χ0v) is 15.9. The Balaban J connectivity index is 1.34. The summed E-state index contributed by atoms with van der Waals surface area (Å²) in [6.07, 6.45) is 2.00. The first-order valence-electron chi connectivity index (χ1n) is 9.90. The number of halogens is 1. The van der Waals surface area contributed by atoms with Gasteiger partial charge in [0.15, 0.2) is 0 Å². The van der Waals surface area contributed by atoms with Gasteiger partial charge in [0.2, 0.25) is 5.91 Å². The van der Waals surface area contributed by atoms with Crippen molar-refractivity contribution in [2.24, 2.45) is 0 Å². The Morgan fingerprint density at radius 2 is 1.71 bits per heavy atom. The molecule has 2 fully saturated rings. The summed E-state index contributed by atoms with van der Waals surface area (Å²) in [5, 5.41) is 10.0. The van der Waals surface area contributed by atoms with Crippen LogP contribution in [0.3, 0.4) is 0 Å². The lowest BCUT2D eigenvalue weighted by atomic mass is 10.2. The first-order chi connectivity index (χ1) is 13.6. The fourth-order valence-corrected chi connectivity index (χ4v) is 3.78. The highest BCUT2D eigenvalue weighted by molar-refractivity contribution is 5.79. The van der Waals surface area contributed by atoms with Crippen LogP contribution in [0.4, 0.5) is 10.1 Å². The standard InChI is InChI=1S/C22H26FN3O2/c23-19-6-2-1-5-17(19)15-26(18-9-10-18)22(28)16-24-11-13-25(14-12-24)20-7-3-4-8-21(20)27/h1-8,18,27H,9-16H2. The van der Waals surface area contributed by atoms with Crippen LogP contribution in [0.2, 0.25) is 0 Å². The van der Waals surface area contributed by atoms with E-state index in [1.165, 1.54) is 6.07 Å². The largest absolute Gasteiger partial charge is 0.506 e. The van der Waals surface area contributed by atoms with Gasteiger partial charge in [-0.2, -0.15) is 0 Å². The van der Waals surface area contributed by atoms with E-state index in [9.17, 15) is 14.3 Å². The molecule has 1 aliphatic carbocycles. The fraction of sp³-hybridized carbons (Fsp3) is 0.409. The number of piperazine rings is 1. The average molecular weight is 383 g/mol. The number of amides is 1. The molecule has 0 spiro atoms. The molecule has 1 saturated carbocycles. The Morgan fingerprint density at radius 1 is 1.04 bits per heavy atom. The van der Waals surface area contributed by atoms with E-state index in [1.807, 2.05) is 29.2 Å². The first-order valence-corrected chi connectivity index (χ1v) is 9.90. The molecule has 4 rings (SSSR count). The maximum absolute atomic E-state index is 14.0. The summed E-state index contributed by atoms with van der Waals surface area (Å²) in [7, 11) is 0. The molecule has 0 aromatic heterocycles. The van der Waals surface area contributed by atoms with Crippen LogP contribution in [-0.2, 0) is 11.3 Å². The molecule has 0 unspecified atom stereocenters. The van der Waals surface area contributed by atoms with Crippen LogP contribution in [0.15, 0.2) is 48.5 Å². The minimum Gasteiger partial charge on any atom is -0.506 e. The summed E-state index contributed by atoms with van der Waals surface area (Å²) in [4.78, 5) is 19.1. The molecule has 1 saturated heterocycles. The predicted octanol–water partition coefficient (Wildman–Crippen LogP) is 2.84. The van der Waals surface area contributed by atoms with Crippen LogP contribution in [-0.4, -0.2) is 59.6 Å². The zero-order chi connectivity index (χ0) is 19.5. The Hall–Kier alpha value is -2.60. The molecule has 0 radical (unpaired) electrons. The molecule has 5 nitrogen and oxygen atoms in total. The van der Waals surface area contributed by atoms with Gasteiger partial charge >= 0.3 is 0 Å². The lowest BCUT2D eigenvalue weighted by Gasteiger charge is -2.37. The molecular formula is C22H26FN3O2. The number of anilines is 1. The van der Waals surface area contributed by atoms with Gasteiger partial charge in [-0.3, -0.25) is 9.69 Å². The minimum atomic E-state index is -0.253. The van der Waals surface area contributed by atoms with Gasteiger partial charge in [0.05, 0.1) is 12.2 Å². The van der Waals surface area contributed by atoms with Gasteiger partial charge in [-0.05, 0) is 31.0 Å². The summed E-state index contributed by atoms with van der Waals surface area (Å²) >= 11 is 0. The highest BCUT2D eigenvalue weighted by Gasteiger charge is 2.34. The van der Waals surface area contributed by atoms with Crippen LogP contribution in [0.5, 0.6) is 5.75 Å². The molecule has 2 aromatic rings. The molecule has 148 valence electrons. The number of hydrogen-bond acceptors (Lipinski definition) is 4. The Morgan fingerprint density at radius 3 is 2.39 bits per heavy atom. The smallest absolute Gasteiger partial charge is 0.237 e. The van der Waals surface area contributed by atoms with Crippen LogP contribution in [0.25, 0.3) is 0 Å². The highest BCUT2D eigenvalue weighted by Crippen LogP contribution is 2.30. The maximum atomic E-state index is 14.0. The van der Waals surface area contributed by atoms with E-state index in [-0.39, 0.29) is 23.5 Å². The van der Waals surface area contributed by atoms with E-state index in [4.69, 9.17) is 0 Å². The van der Waals surface area contributed by atoms with Crippen molar-refractivity contribution in [1.82, 2.24) is 9.80 Å². The number of carbonyl (C=O) groups is 1. The lowest BCUT2D eigenvalue weighted by molar-refractivity contribution is -0.133. The van der Waals surface area contributed by atoms with Crippen molar-refractivity contribution in [3.8, 4) is 5.75 Å². The number of nitrogens with zero attached hydrogens (tertiary/aromatic N) is 3. The van der Waals surface area contributed by atoms with Gasteiger partial charge in [-0.1, -0.05) is 30.3 Å². The summed E-state index contributed by atoms with van der Waals surface area (Å²) in [6, 6.07) is 14.3. The van der Waals surface area contributed by atoms with Gasteiger partial charge in [-0.25, -0.2) is 4.39 Å². The summed E-state index contributed by atoms with van der Waals surface area (Å²) in [5.74, 6) is 0.107. The van der Waals surface area contributed by atoms with E-state index in [2.05, 4.69) is 9.80 Å². The van der Waals surface area contributed by atoms with Crippen molar-refractivity contribution in [2.45, 2.75) is 25.4 Å². The summed E-state index contributed by atoms with van der Waals surface area (Å²) < 4.78 is 14.0. The minimum absolute atomic E-state index is 0.0711. The van der Waals surface area contributed by atoms with Gasteiger partial charge < -0.3 is 14.9 Å². The summed E-state index contributed by atoms with van der Waals surface area (Å²) in [6.45, 7) is 3.76. The summed E-state index contributed by atoms with van der Waals surface area (Å²) in [5.41, 5.74) is 1.42. The number of aromatic hydroxyl groups is 1. The van der Waals surface area contributed by atoms with E-state index in [1.54, 1.807) is 18.2 Å². The van der Waals surface area contributed by atoms with Crippen LogP contribution < -0.4 is 4.90 Å². The van der Waals surface area contributed by atoms with Crippen molar-refractivity contribution in [2.75, 3.05) is 37.6 Å². The van der Waals surface area contributed by atoms with E-state index < -0.39 is 0 Å². The molecular weight excluding hydrogens is 357 g/mol. The second kappa shape index (κ2) is 8.19. The number of phenolic OH excluding ortho intramolecular Hbond substituents is 1. The van der Waals surface area contributed by atoms with Crippen molar-refractivity contribution in [3.63, 3.8) is 0 Å². The molecule has 1 heterocycles. The third-order valence-corrected chi connectivity index (χ3v) is 5.56. The topological polar surface area (TPSA) is 47.0 Å². The fourth-order valence-electron chi connectivity index (χ4n) is 3.78. The number of rotatable bonds is 6. The molecule has 2 aromatic carbocycles. The van der Waals surface area contributed by atoms with Crippen LogP contribution in [0.1, 0.15) is 18.4 Å². The van der Waals surface area contributed by atoms with Gasteiger partial charge in [0.1, 0.15) is 11.6 Å². The normalized spacial score (nSPS) is 17.5. The van der Waals surface area contributed by atoms with E-state index >= 15 is 0 Å². The Kier molecular flexibility index (Phi) is 5.48. The SMILES string of the molecule is O=C(CN1CCN(c2ccccc2O)CC1)N(Cc1ccccc1F)C1CC1. The van der Waals surface area contributed by atoms with Gasteiger partial charge in [0.25, 0.3) is 0 Å². The zero-order valence-electron chi connectivity index (χ0n) is 15.9. The van der Waals surface area contributed by atoms with Gasteiger partial charge in [-0.15, -0.1) is 0 Å². The maximum Gasteiger partial charge on any atom is 0.237 e. The first kappa shape index (κ1) is 18.7. The van der Waals surface area contributed by atoms with Gasteiger partial charge in [0, 0.05) is 44.3 Å². The third-order valence-electron chi connectivity index (χ3n) is 5.56. The van der Waals surface area contributed by atoms with E-state index in [0.717, 1.165) is 44.7 Å². The van der Waals surface area contributed by atoms with Crippen molar-refractivity contribution < 1.29 is 14.3 Å². The molecule has 1 N–H and O–H groups in total. The average Bonchev–Trinajstić information content (AvgIpc) is 3.53. The van der Waals surface area contributed by atoms with E-state index in [0.29, 0.717) is 18.7 Å². The predicted molar refractivity (Wildman–Crippen MR) is 107 cm³/mol. The third kappa shape index (κ3) is 4.28. The molecule has 1 aliphatic heterocycles. The van der Waals surface area contributed by atoms with Crippen LogP contribution >= 0.6 is 0 Å². The molecule has 6 heteroatoms. The number of benzene rings is 2. The lowest BCUT2D eigenvalue weighted by Crippen LogP contribution is -2.50. The molecule has 2 aliphatic rings. The van der Waals surface area contributed by atoms with Crippen molar-refractivity contribution >= 4 is 11.6 Å². The molecule has 1 amide bonds. The number of carbonyl (C=O) groups excluding carboxylic acids is 1. The number of para-hydroxylation sites is 2. The van der Waals surface area contributed by atoms with Crippen LogP contribution in [0, 0.1) is 5.82 Å². The molecule has 0 bridgehead atoms.